The van der Waals surface area contributed by atoms with Gasteiger partial charge in [0.15, 0.2) is 11.5 Å². The summed E-state index contributed by atoms with van der Waals surface area (Å²) in [6.45, 7) is 0. The van der Waals surface area contributed by atoms with E-state index >= 15 is 0 Å². The van der Waals surface area contributed by atoms with Crippen LogP contribution in [0.5, 0.6) is 0 Å². The molecule has 4 nitrogen and oxygen atoms in total. The Morgan fingerprint density at radius 1 is 1.25 bits per heavy atom. The summed E-state index contributed by atoms with van der Waals surface area (Å²) in [4.78, 5) is 22.3. The third-order valence-corrected chi connectivity index (χ3v) is 3.04. The van der Waals surface area contributed by atoms with Crippen LogP contribution in [0.25, 0.3) is 0 Å². The van der Waals surface area contributed by atoms with Gasteiger partial charge in [-0.25, -0.2) is 4.79 Å². The summed E-state index contributed by atoms with van der Waals surface area (Å²) in [7, 11) is 0. The number of Topliss-reactive ketones (excluding diaryl/α,β-unsaturated/α-hetero) is 1. The summed E-state index contributed by atoms with van der Waals surface area (Å²) in [5.74, 6) is -0.774. The van der Waals surface area contributed by atoms with Crippen LogP contribution in [0.1, 0.15) is 53.2 Å². The monoisotopic (exact) mass is 222 g/mol. The zero-order chi connectivity index (χ0) is 11.5. The Kier molecular flexibility index (Phi) is 3.08. The van der Waals surface area contributed by atoms with Gasteiger partial charge in [-0.3, -0.25) is 4.79 Å². The van der Waals surface area contributed by atoms with E-state index in [1.165, 1.54) is 25.0 Å². The smallest absolute Gasteiger partial charge is 0.371 e. The van der Waals surface area contributed by atoms with E-state index in [0.717, 1.165) is 12.8 Å². The van der Waals surface area contributed by atoms with Gasteiger partial charge in [0.05, 0.1) is 0 Å². The highest BCUT2D eigenvalue weighted by atomic mass is 16.4. The summed E-state index contributed by atoms with van der Waals surface area (Å²) in [6, 6.07) is 2.77. The molecule has 4 heteroatoms. The molecule has 16 heavy (non-hydrogen) atoms. The molecule has 1 aliphatic carbocycles. The molecule has 0 amide bonds. The highest BCUT2D eigenvalue weighted by Crippen LogP contribution is 2.28. The average molecular weight is 222 g/mol. The molecule has 0 bridgehead atoms. The van der Waals surface area contributed by atoms with Gasteiger partial charge >= 0.3 is 5.97 Å². The second kappa shape index (κ2) is 4.51. The molecule has 0 saturated heterocycles. The number of hydrogen-bond donors (Lipinski definition) is 1. The summed E-state index contributed by atoms with van der Waals surface area (Å²) < 4.78 is 4.97. The van der Waals surface area contributed by atoms with E-state index in [9.17, 15) is 9.59 Å². The van der Waals surface area contributed by atoms with E-state index in [2.05, 4.69) is 0 Å². The molecule has 1 saturated carbocycles. The minimum Gasteiger partial charge on any atom is -0.475 e. The number of rotatable bonds is 4. The van der Waals surface area contributed by atoms with Crippen molar-refractivity contribution < 1.29 is 19.1 Å². The van der Waals surface area contributed by atoms with Crippen LogP contribution in [0.4, 0.5) is 0 Å². The number of carbonyl (C=O) groups is 2. The zero-order valence-electron chi connectivity index (χ0n) is 8.94. The molecule has 1 fully saturated rings. The molecule has 0 unspecified atom stereocenters. The molecule has 1 aromatic heterocycles. The van der Waals surface area contributed by atoms with Crippen LogP contribution in [0.15, 0.2) is 16.5 Å². The predicted molar refractivity (Wildman–Crippen MR) is 56.6 cm³/mol. The lowest BCUT2D eigenvalue weighted by atomic mass is 10.0. The predicted octanol–water partition coefficient (Wildman–Crippen LogP) is 2.74. The van der Waals surface area contributed by atoms with Gasteiger partial charge in [0, 0.05) is 6.42 Å². The van der Waals surface area contributed by atoms with E-state index in [0.29, 0.717) is 12.3 Å². The van der Waals surface area contributed by atoms with Gasteiger partial charge in [-0.1, -0.05) is 25.7 Å². The highest BCUT2D eigenvalue weighted by molar-refractivity contribution is 5.95. The molecule has 86 valence electrons. The molecule has 0 radical (unpaired) electrons. The van der Waals surface area contributed by atoms with Crippen LogP contribution in [-0.4, -0.2) is 16.9 Å². The molecule has 0 atom stereocenters. The molecule has 1 heterocycles. The van der Waals surface area contributed by atoms with Gasteiger partial charge < -0.3 is 9.52 Å². The molecule has 1 N–H and O–H groups in total. The number of hydrogen-bond acceptors (Lipinski definition) is 3. The van der Waals surface area contributed by atoms with Crippen LogP contribution >= 0.6 is 0 Å². The number of carboxylic acid groups (broad SMARTS) is 1. The second-order valence-electron chi connectivity index (χ2n) is 4.25. The van der Waals surface area contributed by atoms with Crippen molar-refractivity contribution in [2.45, 2.75) is 32.1 Å². The van der Waals surface area contributed by atoms with Gasteiger partial charge in [-0.2, -0.15) is 0 Å². The minimum atomic E-state index is -1.14. The first-order valence-electron chi connectivity index (χ1n) is 5.53. The first-order chi connectivity index (χ1) is 7.66. The molecule has 0 aromatic carbocycles. The van der Waals surface area contributed by atoms with E-state index in [1.807, 2.05) is 0 Å². The van der Waals surface area contributed by atoms with E-state index in [1.54, 1.807) is 0 Å². The fraction of sp³-hybridized carbons (Fsp3) is 0.500. The van der Waals surface area contributed by atoms with Crippen LogP contribution in [0.2, 0.25) is 0 Å². The molecule has 0 aliphatic heterocycles. The van der Waals surface area contributed by atoms with Crippen LogP contribution in [0, 0.1) is 5.92 Å². The fourth-order valence-electron chi connectivity index (χ4n) is 2.18. The number of aromatic carboxylic acids is 1. The van der Waals surface area contributed by atoms with Crippen molar-refractivity contribution >= 4 is 11.8 Å². The van der Waals surface area contributed by atoms with E-state index < -0.39 is 5.97 Å². The maximum Gasteiger partial charge on any atom is 0.371 e. The topological polar surface area (TPSA) is 67.5 Å². The third kappa shape index (κ3) is 2.32. The summed E-state index contributed by atoms with van der Waals surface area (Å²) in [6.07, 6.45) is 5.05. The number of carbonyl (C=O) groups excluding carboxylic acids is 1. The second-order valence-corrected chi connectivity index (χ2v) is 4.25. The van der Waals surface area contributed by atoms with Crippen LogP contribution in [0.3, 0.4) is 0 Å². The summed E-state index contributed by atoms with van der Waals surface area (Å²) in [5.41, 5.74) is 0. The largest absolute Gasteiger partial charge is 0.475 e. The van der Waals surface area contributed by atoms with Crippen molar-refractivity contribution in [1.29, 1.82) is 0 Å². The maximum absolute atomic E-state index is 11.7. The maximum atomic E-state index is 11.7. The Bertz CT molecular complexity index is 399. The van der Waals surface area contributed by atoms with Gasteiger partial charge in [-0.05, 0) is 18.1 Å². The lowest BCUT2D eigenvalue weighted by Crippen LogP contribution is -2.04. The minimum absolute atomic E-state index is 0.0839. The van der Waals surface area contributed by atoms with Crippen molar-refractivity contribution in [2.24, 2.45) is 5.92 Å². The average Bonchev–Trinajstić information content (AvgIpc) is 2.86. The first-order valence-corrected chi connectivity index (χ1v) is 5.53. The Balaban J connectivity index is 1.99. The number of carboxylic acids is 1. The molecule has 2 rings (SSSR count). The van der Waals surface area contributed by atoms with Gasteiger partial charge in [-0.15, -0.1) is 0 Å². The van der Waals surface area contributed by atoms with Crippen molar-refractivity contribution in [3.8, 4) is 0 Å². The molecule has 0 spiro atoms. The molecule has 1 aliphatic rings. The summed E-state index contributed by atoms with van der Waals surface area (Å²) >= 11 is 0. The zero-order valence-corrected chi connectivity index (χ0v) is 8.94. The Labute approximate surface area is 93.3 Å². The lowest BCUT2D eigenvalue weighted by molar-refractivity contribution is 0.0659. The Morgan fingerprint density at radius 2 is 1.88 bits per heavy atom. The Hall–Kier alpha value is -1.58. The van der Waals surface area contributed by atoms with Crippen LogP contribution < -0.4 is 0 Å². The SMILES string of the molecule is O=C(O)c1ccc(C(=O)CC2CCCC2)o1. The van der Waals surface area contributed by atoms with Gasteiger partial charge in [0.2, 0.25) is 5.76 Å². The van der Waals surface area contributed by atoms with E-state index in [4.69, 9.17) is 9.52 Å². The third-order valence-electron chi connectivity index (χ3n) is 3.04. The van der Waals surface area contributed by atoms with Crippen molar-refractivity contribution in [1.82, 2.24) is 0 Å². The molecular weight excluding hydrogens is 208 g/mol. The normalized spacial score (nSPS) is 16.5. The van der Waals surface area contributed by atoms with Gasteiger partial charge in [0.25, 0.3) is 0 Å². The van der Waals surface area contributed by atoms with Crippen molar-refractivity contribution in [2.75, 3.05) is 0 Å². The quantitative estimate of drug-likeness (QED) is 0.795. The summed E-state index contributed by atoms with van der Waals surface area (Å²) in [5, 5.41) is 8.66. The number of furan rings is 1. The molecule has 1 aromatic rings. The highest BCUT2D eigenvalue weighted by Gasteiger charge is 2.21. The fourth-order valence-corrected chi connectivity index (χ4v) is 2.18. The van der Waals surface area contributed by atoms with Gasteiger partial charge in [0.1, 0.15) is 0 Å². The standard InChI is InChI=1S/C12H14O4/c13-9(7-8-3-1-2-4-8)10-5-6-11(16-10)12(14)15/h5-6,8H,1-4,7H2,(H,14,15). The lowest BCUT2D eigenvalue weighted by Gasteiger charge is -2.05. The molecular formula is C12H14O4. The van der Waals surface area contributed by atoms with E-state index in [-0.39, 0.29) is 17.3 Å². The Morgan fingerprint density at radius 3 is 2.44 bits per heavy atom. The van der Waals surface area contributed by atoms with Crippen molar-refractivity contribution in [3.05, 3.63) is 23.7 Å². The first kappa shape index (κ1) is 10.9. The van der Waals surface area contributed by atoms with Crippen LogP contribution in [-0.2, 0) is 0 Å². The van der Waals surface area contributed by atoms with Crippen molar-refractivity contribution in [3.63, 3.8) is 0 Å². The number of ketones is 1.